The van der Waals surface area contributed by atoms with Gasteiger partial charge in [-0.15, -0.1) is 0 Å². The number of anilines is 1. The summed E-state index contributed by atoms with van der Waals surface area (Å²) < 4.78 is 33.3. The summed E-state index contributed by atoms with van der Waals surface area (Å²) in [7, 11) is 1.75. The van der Waals surface area contributed by atoms with Crippen LogP contribution in [0.1, 0.15) is 35.0 Å². The maximum atomic E-state index is 14.1. The maximum absolute atomic E-state index is 14.1. The van der Waals surface area contributed by atoms with E-state index >= 15 is 0 Å². The maximum Gasteiger partial charge on any atom is 0.212 e. The molecule has 220 valence electrons. The molecule has 3 N–H and O–H groups in total. The van der Waals surface area contributed by atoms with Crippen molar-refractivity contribution < 1.29 is 18.3 Å². The number of ketones is 1. The van der Waals surface area contributed by atoms with Gasteiger partial charge in [-0.2, -0.15) is 9.65 Å². The fourth-order valence-corrected chi connectivity index (χ4v) is 5.01. The summed E-state index contributed by atoms with van der Waals surface area (Å²) in [6.07, 6.45) is 4.28. The normalized spacial score (nSPS) is 11.8. The number of fused-ring (bicyclic) bond motifs is 1. The lowest BCUT2D eigenvalue weighted by atomic mass is 9.99. The van der Waals surface area contributed by atoms with Crippen LogP contribution >= 0.6 is 0 Å². The highest BCUT2D eigenvalue weighted by atomic mass is 19.2. The Kier molecular flexibility index (Phi) is 8.59. The van der Waals surface area contributed by atoms with E-state index in [1.807, 2.05) is 62.4 Å². The predicted octanol–water partition coefficient (Wildman–Crippen LogP) is 8.54. The van der Waals surface area contributed by atoms with E-state index in [2.05, 4.69) is 11.1 Å². The zero-order valence-corrected chi connectivity index (χ0v) is 24.5. The lowest BCUT2D eigenvalue weighted by Crippen LogP contribution is -2.27. The van der Waals surface area contributed by atoms with Crippen LogP contribution in [0.25, 0.3) is 22.0 Å². The predicted molar refractivity (Wildman–Crippen MR) is 169 cm³/mol. The number of rotatable bonds is 9. The number of nitriles is 1. The lowest BCUT2D eigenvalue weighted by Gasteiger charge is -2.24. The highest BCUT2D eigenvalue weighted by Crippen LogP contribution is 2.33. The van der Waals surface area contributed by atoms with Crippen LogP contribution in [0.4, 0.5) is 14.5 Å². The van der Waals surface area contributed by atoms with Gasteiger partial charge in [0, 0.05) is 23.6 Å². The van der Waals surface area contributed by atoms with Crippen LogP contribution in [0.2, 0.25) is 0 Å². The smallest absolute Gasteiger partial charge is 0.212 e. The van der Waals surface area contributed by atoms with Gasteiger partial charge in [0.1, 0.15) is 11.6 Å². The van der Waals surface area contributed by atoms with Crippen LogP contribution in [-0.2, 0) is 0 Å². The van der Waals surface area contributed by atoms with E-state index < -0.39 is 11.6 Å². The van der Waals surface area contributed by atoms with E-state index in [0.29, 0.717) is 34.7 Å². The minimum absolute atomic E-state index is 0.221. The number of benzene rings is 4. The number of nitrogens with two attached hydrogens (primary N) is 1. The van der Waals surface area contributed by atoms with Crippen LogP contribution in [0.15, 0.2) is 108 Å². The Hall–Kier alpha value is -5.68. The largest absolute Gasteiger partial charge is 0.454 e. The number of ether oxygens (including phenoxy) is 1. The molecule has 1 aromatic heterocycles. The zero-order valence-electron chi connectivity index (χ0n) is 24.5. The number of H-pyrrole nitrogens is 1. The topological polar surface area (TPSA) is 95.1 Å². The summed E-state index contributed by atoms with van der Waals surface area (Å²) in [4.78, 5) is 18.9. The number of nitrogens with zero attached hydrogens (tertiary/aromatic N) is 2. The van der Waals surface area contributed by atoms with Crippen molar-refractivity contribution in [3.05, 3.63) is 137 Å². The molecule has 8 heteroatoms. The molecule has 5 aromatic rings. The molecular weight excluding hydrogens is 558 g/mol. The monoisotopic (exact) mass is 588 g/mol. The van der Waals surface area contributed by atoms with Gasteiger partial charge in [0.25, 0.3) is 0 Å². The third-order valence-electron chi connectivity index (χ3n) is 7.29. The quantitative estimate of drug-likeness (QED) is 0.102. The van der Waals surface area contributed by atoms with Crippen LogP contribution in [0.3, 0.4) is 0 Å². The number of hydrogen-bond donors (Lipinski definition) is 2. The number of aromatic nitrogens is 1. The summed E-state index contributed by atoms with van der Waals surface area (Å²) in [6.45, 7) is 3.80. The molecule has 0 aliphatic rings. The van der Waals surface area contributed by atoms with Crippen LogP contribution < -0.4 is 15.4 Å². The average molecular weight is 589 g/mol. The summed E-state index contributed by atoms with van der Waals surface area (Å²) >= 11 is 0. The first-order valence-electron chi connectivity index (χ1n) is 14.0. The lowest BCUT2D eigenvalue weighted by molar-refractivity contribution is 0.103. The number of aryl methyl sites for hydroxylation is 1. The van der Waals surface area contributed by atoms with Gasteiger partial charge in [0.2, 0.25) is 11.6 Å². The number of nitrogens with one attached hydrogen (secondary N) is 1. The van der Waals surface area contributed by atoms with E-state index in [-0.39, 0.29) is 17.4 Å². The molecule has 0 fully saturated rings. The molecule has 0 saturated heterocycles. The van der Waals surface area contributed by atoms with Crippen molar-refractivity contribution in [2.24, 2.45) is 5.73 Å². The Bertz CT molecular complexity index is 1980. The summed E-state index contributed by atoms with van der Waals surface area (Å²) in [5.74, 6) is -2.02. The van der Waals surface area contributed by atoms with Crippen molar-refractivity contribution >= 4 is 22.4 Å². The number of allylic oxidation sites excluding steroid dienone is 3. The van der Waals surface area contributed by atoms with Gasteiger partial charge in [-0.05, 0) is 84.6 Å². The van der Waals surface area contributed by atoms with E-state index in [9.17, 15) is 18.8 Å². The van der Waals surface area contributed by atoms with Crippen LogP contribution in [0, 0.1) is 29.9 Å². The number of hydrogen-bond acceptors (Lipinski definition) is 5. The summed E-state index contributed by atoms with van der Waals surface area (Å²) in [5.41, 5.74) is 11.9. The highest BCUT2D eigenvalue weighted by Gasteiger charge is 2.21. The Morgan fingerprint density at radius 2 is 1.82 bits per heavy atom. The number of carbonyl (C=O) groups is 1. The Labute approximate surface area is 254 Å². The molecule has 0 radical (unpaired) electrons. The number of carbonyl (C=O) groups excluding carboxylic acids is 1. The molecule has 0 atom stereocenters. The van der Waals surface area contributed by atoms with Crippen LogP contribution in [-0.4, -0.2) is 17.8 Å². The first-order valence-corrected chi connectivity index (χ1v) is 14.0. The molecule has 4 aromatic carbocycles. The van der Waals surface area contributed by atoms with Gasteiger partial charge >= 0.3 is 0 Å². The second-order valence-electron chi connectivity index (χ2n) is 10.2. The second-order valence-corrected chi connectivity index (χ2v) is 10.2. The first-order chi connectivity index (χ1) is 21.2. The number of aromatic amines is 1. The van der Waals surface area contributed by atoms with Crippen molar-refractivity contribution in [3.8, 4) is 28.7 Å². The third kappa shape index (κ3) is 5.94. The second kappa shape index (κ2) is 12.7. The van der Waals surface area contributed by atoms with Gasteiger partial charge in [-0.3, -0.25) is 4.79 Å². The zero-order chi connectivity index (χ0) is 31.4. The van der Waals surface area contributed by atoms with Gasteiger partial charge in [0.05, 0.1) is 22.9 Å². The molecule has 44 heavy (non-hydrogen) atoms. The van der Waals surface area contributed by atoms with Crippen molar-refractivity contribution in [3.63, 3.8) is 0 Å². The van der Waals surface area contributed by atoms with E-state index in [1.54, 1.807) is 42.3 Å². The van der Waals surface area contributed by atoms with Crippen molar-refractivity contribution in [2.75, 3.05) is 11.9 Å². The van der Waals surface area contributed by atoms with Gasteiger partial charge in [0.15, 0.2) is 11.6 Å². The third-order valence-corrected chi connectivity index (χ3v) is 7.29. The average Bonchev–Trinajstić information content (AvgIpc) is 3.48. The van der Waals surface area contributed by atoms with Crippen molar-refractivity contribution in [1.29, 1.82) is 5.26 Å². The minimum Gasteiger partial charge on any atom is -0.454 e. The SMILES string of the molecule is CC/C=C/C(C(=O)c1cc2c(-c3cccc(C#N)c3)cccc2[nH]1)=C(/N)N(C)c1ccc(Oc2cccc(F)c2F)cc1C. The van der Waals surface area contributed by atoms with E-state index in [4.69, 9.17) is 10.5 Å². The number of Topliss-reactive ketones (excluding diaryl/α,β-unsaturated/α-hetero) is 1. The minimum atomic E-state index is -1.07. The molecule has 0 spiro atoms. The molecule has 0 amide bonds. The van der Waals surface area contributed by atoms with Crippen molar-refractivity contribution in [2.45, 2.75) is 20.3 Å². The molecule has 0 aliphatic carbocycles. The Balaban J connectivity index is 1.49. The molecule has 6 nitrogen and oxygen atoms in total. The summed E-state index contributed by atoms with van der Waals surface area (Å²) in [5, 5.41) is 10.2. The van der Waals surface area contributed by atoms with E-state index in [0.717, 1.165) is 33.7 Å². The van der Waals surface area contributed by atoms with Crippen LogP contribution in [0.5, 0.6) is 11.5 Å². The molecule has 0 unspecified atom stereocenters. The fourth-order valence-electron chi connectivity index (χ4n) is 5.01. The molecule has 0 aliphatic heterocycles. The standard InChI is InChI=1S/C36H30F2N4O2/c1-4-5-11-27(35(43)31-20-28-26(12-7-14-30(28)41-31)24-10-6-9-23(19-24)21-39)36(40)42(3)32-17-16-25(18-22(32)2)44-33-15-8-13-29(37)34(33)38/h5-20,41H,4,40H2,1-3H3/b11-5+,36-27+. The molecule has 0 saturated carbocycles. The molecule has 1 heterocycles. The number of halogens is 2. The summed E-state index contributed by atoms with van der Waals surface area (Å²) in [6, 6.07) is 25.9. The molecule has 0 bridgehead atoms. The van der Waals surface area contributed by atoms with Gasteiger partial charge in [-0.25, -0.2) is 4.39 Å². The van der Waals surface area contributed by atoms with Gasteiger partial charge in [-0.1, -0.05) is 49.4 Å². The molecule has 5 rings (SSSR count). The molecular formula is C36H30F2N4O2. The van der Waals surface area contributed by atoms with Crippen molar-refractivity contribution in [1.82, 2.24) is 4.98 Å². The Morgan fingerprint density at radius 1 is 1.05 bits per heavy atom. The first kappa shape index (κ1) is 29.8. The Morgan fingerprint density at radius 3 is 2.57 bits per heavy atom. The fraction of sp³-hybridized carbons (Fsp3) is 0.111. The van der Waals surface area contributed by atoms with Gasteiger partial charge < -0.3 is 20.4 Å². The van der Waals surface area contributed by atoms with E-state index in [1.165, 1.54) is 12.1 Å². The highest BCUT2D eigenvalue weighted by molar-refractivity contribution is 6.13.